The van der Waals surface area contributed by atoms with E-state index in [-0.39, 0.29) is 25.6 Å². The number of hydrogen-bond donors (Lipinski definition) is 2. The number of methoxy groups -OCH3 is 1. The van der Waals surface area contributed by atoms with Crippen LogP contribution in [0.2, 0.25) is 0 Å². The van der Waals surface area contributed by atoms with E-state index < -0.39 is 12.2 Å². The van der Waals surface area contributed by atoms with Gasteiger partial charge in [0.15, 0.2) is 18.1 Å². The summed E-state index contributed by atoms with van der Waals surface area (Å²) in [6, 6.07) is 5.43. The van der Waals surface area contributed by atoms with Gasteiger partial charge in [0, 0.05) is 13.1 Å². The van der Waals surface area contributed by atoms with Crippen molar-refractivity contribution in [3.8, 4) is 11.5 Å². The van der Waals surface area contributed by atoms with Crippen LogP contribution < -0.4 is 9.47 Å². The van der Waals surface area contributed by atoms with E-state index in [2.05, 4.69) is 0 Å². The molecule has 20 heavy (non-hydrogen) atoms. The molecule has 0 aliphatic carbocycles. The standard InChI is InChI=1S/C14H19NO5/c1-9-3-4-12(13(5-9)19-2)20-8-14(18)15-6-10(16)11(17)7-15/h3-5,10-11,16-17H,6-8H2,1-2H3/t10-,11+. The number of aryl methyl sites for hydroxylation is 1. The molecule has 1 fully saturated rings. The van der Waals surface area contributed by atoms with Crippen molar-refractivity contribution in [2.24, 2.45) is 0 Å². The molecule has 0 unspecified atom stereocenters. The Morgan fingerprint density at radius 2 is 1.95 bits per heavy atom. The van der Waals surface area contributed by atoms with Gasteiger partial charge >= 0.3 is 0 Å². The van der Waals surface area contributed by atoms with Crippen molar-refractivity contribution in [3.63, 3.8) is 0 Å². The van der Waals surface area contributed by atoms with E-state index in [4.69, 9.17) is 9.47 Å². The first-order chi connectivity index (χ1) is 9.51. The van der Waals surface area contributed by atoms with Crippen LogP contribution in [-0.2, 0) is 4.79 Å². The zero-order valence-electron chi connectivity index (χ0n) is 11.6. The summed E-state index contributed by atoms with van der Waals surface area (Å²) >= 11 is 0. The van der Waals surface area contributed by atoms with Crippen LogP contribution >= 0.6 is 0 Å². The summed E-state index contributed by atoms with van der Waals surface area (Å²) in [4.78, 5) is 13.3. The summed E-state index contributed by atoms with van der Waals surface area (Å²) < 4.78 is 10.6. The van der Waals surface area contributed by atoms with Crippen molar-refractivity contribution >= 4 is 5.91 Å². The lowest BCUT2D eigenvalue weighted by atomic mass is 10.2. The Bertz CT molecular complexity index is 480. The molecule has 2 atom stereocenters. The normalized spacial score (nSPS) is 21.9. The molecule has 1 saturated heterocycles. The molecule has 6 heteroatoms. The summed E-state index contributed by atoms with van der Waals surface area (Å²) in [5, 5.41) is 18.8. The summed E-state index contributed by atoms with van der Waals surface area (Å²) in [6.45, 7) is 2.05. The van der Waals surface area contributed by atoms with Gasteiger partial charge in [0.2, 0.25) is 0 Å². The number of β-amino-alcohol motifs (C(OH)–C–C–N with tert-alkyl or cyclic N) is 2. The third-order valence-electron chi connectivity index (χ3n) is 3.28. The molecule has 0 saturated carbocycles. The minimum absolute atomic E-state index is 0.133. The van der Waals surface area contributed by atoms with Crippen molar-refractivity contribution in [2.75, 3.05) is 26.8 Å². The minimum Gasteiger partial charge on any atom is -0.493 e. The number of aliphatic hydroxyl groups is 2. The van der Waals surface area contributed by atoms with Crippen LogP contribution in [0, 0.1) is 6.92 Å². The molecule has 1 aliphatic heterocycles. The fourth-order valence-corrected chi connectivity index (χ4v) is 2.10. The molecule has 0 aromatic heterocycles. The fourth-order valence-electron chi connectivity index (χ4n) is 2.10. The van der Waals surface area contributed by atoms with E-state index in [1.54, 1.807) is 6.07 Å². The molecule has 110 valence electrons. The average molecular weight is 281 g/mol. The maximum absolute atomic E-state index is 11.9. The molecule has 1 heterocycles. The van der Waals surface area contributed by atoms with E-state index in [9.17, 15) is 15.0 Å². The molecule has 6 nitrogen and oxygen atoms in total. The number of nitrogens with zero attached hydrogens (tertiary/aromatic N) is 1. The Labute approximate surface area is 117 Å². The second-order valence-corrected chi connectivity index (χ2v) is 4.88. The van der Waals surface area contributed by atoms with Crippen LogP contribution in [0.4, 0.5) is 0 Å². The maximum atomic E-state index is 11.9. The molecule has 0 spiro atoms. The number of hydrogen-bond acceptors (Lipinski definition) is 5. The summed E-state index contributed by atoms with van der Waals surface area (Å²) in [5.74, 6) is 0.786. The highest BCUT2D eigenvalue weighted by Gasteiger charge is 2.32. The predicted octanol–water partition coefficient (Wildman–Crippen LogP) is -0.0536. The van der Waals surface area contributed by atoms with Gasteiger partial charge in [0.1, 0.15) is 0 Å². The molecule has 1 amide bonds. The number of carbonyl (C=O) groups excluding carboxylic acids is 1. The highest BCUT2D eigenvalue weighted by atomic mass is 16.5. The Balaban J connectivity index is 1.94. The molecular weight excluding hydrogens is 262 g/mol. The molecule has 0 radical (unpaired) electrons. The predicted molar refractivity (Wildman–Crippen MR) is 71.8 cm³/mol. The van der Waals surface area contributed by atoms with Crippen LogP contribution in [0.15, 0.2) is 18.2 Å². The Morgan fingerprint density at radius 1 is 1.30 bits per heavy atom. The van der Waals surface area contributed by atoms with Gasteiger partial charge in [-0.3, -0.25) is 4.79 Å². The molecule has 2 N–H and O–H groups in total. The van der Waals surface area contributed by atoms with E-state index in [1.165, 1.54) is 12.0 Å². The number of amides is 1. The second-order valence-electron chi connectivity index (χ2n) is 4.88. The van der Waals surface area contributed by atoms with Crippen molar-refractivity contribution in [2.45, 2.75) is 19.1 Å². The van der Waals surface area contributed by atoms with Crippen LogP contribution in [-0.4, -0.2) is 60.0 Å². The van der Waals surface area contributed by atoms with Gasteiger partial charge in [-0.25, -0.2) is 0 Å². The molecule has 0 bridgehead atoms. The van der Waals surface area contributed by atoms with Crippen molar-refractivity contribution in [1.29, 1.82) is 0 Å². The molecule has 1 aromatic carbocycles. The van der Waals surface area contributed by atoms with E-state index in [1.807, 2.05) is 19.1 Å². The van der Waals surface area contributed by atoms with Crippen LogP contribution in [0.25, 0.3) is 0 Å². The Morgan fingerprint density at radius 3 is 2.55 bits per heavy atom. The van der Waals surface area contributed by atoms with Crippen LogP contribution in [0.3, 0.4) is 0 Å². The number of benzene rings is 1. The van der Waals surface area contributed by atoms with E-state index in [0.29, 0.717) is 11.5 Å². The monoisotopic (exact) mass is 281 g/mol. The highest BCUT2D eigenvalue weighted by Crippen LogP contribution is 2.27. The topological polar surface area (TPSA) is 79.2 Å². The first-order valence-electron chi connectivity index (χ1n) is 6.42. The number of ether oxygens (including phenoxy) is 2. The zero-order chi connectivity index (χ0) is 14.7. The highest BCUT2D eigenvalue weighted by molar-refractivity contribution is 5.78. The largest absolute Gasteiger partial charge is 0.493 e. The summed E-state index contributed by atoms with van der Waals surface area (Å²) in [5.41, 5.74) is 1.03. The average Bonchev–Trinajstić information content (AvgIpc) is 2.77. The molecule has 1 aliphatic rings. The van der Waals surface area contributed by atoms with E-state index >= 15 is 0 Å². The van der Waals surface area contributed by atoms with Gasteiger partial charge in [0.05, 0.1) is 19.3 Å². The smallest absolute Gasteiger partial charge is 0.260 e. The fraction of sp³-hybridized carbons (Fsp3) is 0.500. The van der Waals surface area contributed by atoms with Gasteiger partial charge in [0.25, 0.3) is 5.91 Å². The second kappa shape index (κ2) is 6.11. The van der Waals surface area contributed by atoms with Crippen molar-refractivity contribution < 1.29 is 24.5 Å². The third kappa shape index (κ3) is 3.20. The van der Waals surface area contributed by atoms with Gasteiger partial charge in [-0.1, -0.05) is 6.07 Å². The number of carbonyl (C=O) groups is 1. The van der Waals surface area contributed by atoms with Gasteiger partial charge in [-0.15, -0.1) is 0 Å². The lowest BCUT2D eigenvalue weighted by Gasteiger charge is -2.16. The number of likely N-dealkylation sites (tertiary alicyclic amines) is 1. The number of rotatable bonds is 4. The third-order valence-corrected chi connectivity index (χ3v) is 3.28. The lowest BCUT2D eigenvalue weighted by molar-refractivity contribution is -0.132. The maximum Gasteiger partial charge on any atom is 0.260 e. The SMILES string of the molecule is COc1cc(C)ccc1OCC(=O)N1C[C@@H](O)[C@@H](O)C1. The molecular formula is C14H19NO5. The van der Waals surface area contributed by atoms with Crippen molar-refractivity contribution in [3.05, 3.63) is 23.8 Å². The van der Waals surface area contributed by atoms with Gasteiger partial charge in [-0.05, 0) is 24.6 Å². The first kappa shape index (κ1) is 14.6. The minimum atomic E-state index is -0.882. The zero-order valence-corrected chi connectivity index (χ0v) is 11.6. The molecule has 1 aromatic rings. The van der Waals surface area contributed by atoms with Crippen LogP contribution in [0.1, 0.15) is 5.56 Å². The van der Waals surface area contributed by atoms with E-state index in [0.717, 1.165) is 5.56 Å². The van der Waals surface area contributed by atoms with Crippen molar-refractivity contribution in [1.82, 2.24) is 4.90 Å². The number of aliphatic hydroxyl groups excluding tert-OH is 2. The quantitative estimate of drug-likeness (QED) is 0.808. The molecule has 2 rings (SSSR count). The summed E-state index contributed by atoms with van der Waals surface area (Å²) in [6.07, 6.45) is -1.76. The van der Waals surface area contributed by atoms with Gasteiger partial charge < -0.3 is 24.6 Å². The lowest BCUT2D eigenvalue weighted by Crippen LogP contribution is -2.34. The first-order valence-corrected chi connectivity index (χ1v) is 6.42. The summed E-state index contributed by atoms with van der Waals surface area (Å²) in [7, 11) is 1.54. The van der Waals surface area contributed by atoms with Crippen LogP contribution in [0.5, 0.6) is 11.5 Å². The Hall–Kier alpha value is -1.79. The van der Waals surface area contributed by atoms with Gasteiger partial charge in [-0.2, -0.15) is 0 Å². The Kier molecular flexibility index (Phi) is 4.46.